The van der Waals surface area contributed by atoms with Crippen LogP contribution in [0.5, 0.6) is 0 Å². The van der Waals surface area contributed by atoms with Crippen molar-refractivity contribution in [2.24, 2.45) is 0 Å². The van der Waals surface area contributed by atoms with Gasteiger partial charge in [0.05, 0.1) is 11.4 Å². The lowest BCUT2D eigenvalue weighted by atomic mass is 10.2. The molecule has 1 aliphatic rings. The molecule has 3 heteroatoms. The van der Waals surface area contributed by atoms with E-state index in [4.69, 9.17) is 5.73 Å². The molecule has 0 radical (unpaired) electrons. The fourth-order valence-corrected chi connectivity index (χ4v) is 2.31. The molecule has 1 aromatic rings. The van der Waals surface area contributed by atoms with E-state index in [0.717, 1.165) is 18.3 Å². The fraction of sp³-hybridized carbons (Fsp3) is 0.455. The molecule has 2 rings (SSSR count). The molecule has 14 heavy (non-hydrogen) atoms. The van der Waals surface area contributed by atoms with Crippen LogP contribution >= 0.6 is 22.6 Å². The number of nitrogen functional groups attached to an aromatic ring is 1. The van der Waals surface area contributed by atoms with Crippen molar-refractivity contribution in [1.82, 2.24) is 0 Å². The molecular weight excluding hydrogens is 287 g/mol. The van der Waals surface area contributed by atoms with Gasteiger partial charge in [-0.3, -0.25) is 0 Å². The minimum absolute atomic E-state index is 0.738. The van der Waals surface area contributed by atoms with Crippen LogP contribution in [0.25, 0.3) is 0 Å². The summed E-state index contributed by atoms with van der Waals surface area (Å²) in [5.74, 6) is 0. The Morgan fingerprint density at radius 1 is 1.50 bits per heavy atom. The molecule has 1 fully saturated rings. The Bertz CT molecular complexity index is 334. The second-order valence-electron chi connectivity index (χ2n) is 3.72. The van der Waals surface area contributed by atoms with Crippen LogP contribution in [0.15, 0.2) is 18.2 Å². The van der Waals surface area contributed by atoms with Gasteiger partial charge in [-0.1, -0.05) is 0 Å². The van der Waals surface area contributed by atoms with Crippen molar-refractivity contribution < 1.29 is 0 Å². The third kappa shape index (κ3) is 1.97. The van der Waals surface area contributed by atoms with Gasteiger partial charge >= 0.3 is 0 Å². The number of halogens is 1. The molecule has 0 atom stereocenters. The number of hydrogen-bond acceptors (Lipinski definition) is 2. The van der Waals surface area contributed by atoms with Gasteiger partial charge in [0.1, 0.15) is 0 Å². The lowest BCUT2D eigenvalue weighted by Gasteiger charge is -2.24. The predicted molar refractivity (Wildman–Crippen MR) is 69.6 cm³/mol. The van der Waals surface area contributed by atoms with E-state index in [1.165, 1.54) is 22.1 Å². The average molecular weight is 302 g/mol. The summed E-state index contributed by atoms with van der Waals surface area (Å²) in [4.78, 5) is 2.41. The van der Waals surface area contributed by atoms with Gasteiger partial charge in [-0.15, -0.1) is 0 Å². The maximum Gasteiger partial charge on any atom is 0.0603 e. The number of benzene rings is 1. The van der Waals surface area contributed by atoms with Gasteiger partial charge in [-0.05, 0) is 60.6 Å². The molecule has 0 amide bonds. The van der Waals surface area contributed by atoms with Crippen LogP contribution < -0.4 is 10.6 Å². The van der Waals surface area contributed by atoms with Crippen molar-refractivity contribution in [2.45, 2.75) is 25.8 Å². The summed E-state index contributed by atoms with van der Waals surface area (Å²) in [6, 6.07) is 7.04. The van der Waals surface area contributed by atoms with E-state index < -0.39 is 0 Å². The maximum atomic E-state index is 6.02. The predicted octanol–water partition coefficient (Wildman–Crippen LogP) is 2.86. The topological polar surface area (TPSA) is 29.3 Å². The second kappa shape index (κ2) is 3.96. The Morgan fingerprint density at radius 2 is 2.21 bits per heavy atom. The van der Waals surface area contributed by atoms with Crippen LogP contribution in [0.4, 0.5) is 11.4 Å². The highest BCUT2D eigenvalue weighted by Crippen LogP contribution is 2.34. The zero-order valence-corrected chi connectivity index (χ0v) is 10.5. The SMILES string of the molecule is CCN(c1ccc(I)cc1N)C1CC1. The summed E-state index contributed by atoms with van der Waals surface area (Å²) in [6.45, 7) is 3.24. The first-order chi connectivity index (χ1) is 6.72. The van der Waals surface area contributed by atoms with Crippen LogP contribution in [0.2, 0.25) is 0 Å². The Hall–Kier alpha value is -0.450. The summed E-state index contributed by atoms with van der Waals surface area (Å²) in [5, 5.41) is 0. The van der Waals surface area contributed by atoms with Gasteiger partial charge in [-0.2, -0.15) is 0 Å². The number of nitrogens with two attached hydrogens (primary N) is 1. The number of nitrogens with zero attached hydrogens (tertiary/aromatic N) is 1. The van der Waals surface area contributed by atoms with Gasteiger partial charge in [0.2, 0.25) is 0 Å². The smallest absolute Gasteiger partial charge is 0.0603 e. The minimum Gasteiger partial charge on any atom is -0.397 e. The van der Waals surface area contributed by atoms with E-state index in [9.17, 15) is 0 Å². The lowest BCUT2D eigenvalue weighted by Crippen LogP contribution is -2.25. The average Bonchev–Trinajstić information content (AvgIpc) is 2.93. The maximum absolute atomic E-state index is 6.02. The van der Waals surface area contributed by atoms with E-state index in [0.29, 0.717) is 0 Å². The molecule has 1 aliphatic carbocycles. The summed E-state index contributed by atoms with van der Waals surface area (Å²) in [6.07, 6.45) is 2.64. The number of hydrogen-bond donors (Lipinski definition) is 1. The fourth-order valence-electron chi connectivity index (χ4n) is 1.80. The summed E-state index contributed by atoms with van der Waals surface area (Å²) >= 11 is 2.29. The molecule has 1 saturated carbocycles. The molecule has 1 aromatic carbocycles. The molecule has 0 aromatic heterocycles. The largest absolute Gasteiger partial charge is 0.397 e. The first-order valence-corrected chi connectivity index (χ1v) is 6.12. The van der Waals surface area contributed by atoms with Crippen molar-refractivity contribution in [3.63, 3.8) is 0 Å². The zero-order valence-electron chi connectivity index (χ0n) is 8.33. The van der Waals surface area contributed by atoms with Crippen molar-refractivity contribution in [3.05, 3.63) is 21.8 Å². The lowest BCUT2D eigenvalue weighted by molar-refractivity contribution is 0.828. The Kier molecular flexibility index (Phi) is 2.85. The van der Waals surface area contributed by atoms with Gasteiger partial charge < -0.3 is 10.6 Å². The molecule has 0 bridgehead atoms. The normalized spacial score (nSPS) is 15.6. The second-order valence-corrected chi connectivity index (χ2v) is 4.97. The molecule has 0 spiro atoms. The minimum atomic E-state index is 0.738. The Labute approximate surface area is 98.6 Å². The Morgan fingerprint density at radius 3 is 2.71 bits per heavy atom. The number of anilines is 2. The molecule has 2 nitrogen and oxygen atoms in total. The van der Waals surface area contributed by atoms with Crippen LogP contribution in [0, 0.1) is 3.57 Å². The molecule has 0 saturated heterocycles. The van der Waals surface area contributed by atoms with Crippen LogP contribution in [-0.4, -0.2) is 12.6 Å². The van der Waals surface area contributed by atoms with Crippen LogP contribution in [-0.2, 0) is 0 Å². The summed E-state index contributed by atoms with van der Waals surface area (Å²) < 4.78 is 1.20. The van der Waals surface area contributed by atoms with Gasteiger partial charge in [0, 0.05) is 16.2 Å². The van der Waals surface area contributed by atoms with Crippen LogP contribution in [0.3, 0.4) is 0 Å². The van der Waals surface area contributed by atoms with E-state index in [1.54, 1.807) is 0 Å². The number of rotatable bonds is 3. The Balaban J connectivity index is 2.29. The van der Waals surface area contributed by atoms with E-state index in [2.05, 4.69) is 46.5 Å². The van der Waals surface area contributed by atoms with Crippen molar-refractivity contribution in [3.8, 4) is 0 Å². The van der Waals surface area contributed by atoms with E-state index >= 15 is 0 Å². The van der Waals surface area contributed by atoms with E-state index in [-0.39, 0.29) is 0 Å². The third-order valence-electron chi connectivity index (χ3n) is 2.63. The third-order valence-corrected chi connectivity index (χ3v) is 3.30. The highest BCUT2D eigenvalue weighted by Gasteiger charge is 2.28. The molecule has 2 N–H and O–H groups in total. The van der Waals surface area contributed by atoms with Gasteiger partial charge in [0.25, 0.3) is 0 Å². The monoisotopic (exact) mass is 302 g/mol. The molecule has 0 heterocycles. The first kappa shape index (κ1) is 10.1. The first-order valence-electron chi connectivity index (χ1n) is 5.04. The summed E-state index contributed by atoms with van der Waals surface area (Å²) in [7, 11) is 0. The zero-order chi connectivity index (χ0) is 10.1. The van der Waals surface area contributed by atoms with Crippen LogP contribution in [0.1, 0.15) is 19.8 Å². The standard InChI is InChI=1S/C11H15IN2/c1-2-14(9-4-5-9)11-6-3-8(12)7-10(11)13/h3,6-7,9H,2,4-5,13H2,1H3. The summed E-state index contributed by atoms with van der Waals surface area (Å²) in [5.41, 5.74) is 8.13. The van der Waals surface area contributed by atoms with Crippen molar-refractivity contribution in [1.29, 1.82) is 0 Å². The van der Waals surface area contributed by atoms with E-state index in [1.807, 2.05) is 6.07 Å². The molecule has 0 aliphatic heterocycles. The quantitative estimate of drug-likeness (QED) is 0.687. The van der Waals surface area contributed by atoms with Crippen molar-refractivity contribution in [2.75, 3.05) is 17.2 Å². The van der Waals surface area contributed by atoms with Gasteiger partial charge in [-0.25, -0.2) is 0 Å². The highest BCUT2D eigenvalue weighted by atomic mass is 127. The van der Waals surface area contributed by atoms with Gasteiger partial charge in [0.15, 0.2) is 0 Å². The molecule has 0 unspecified atom stereocenters. The molecular formula is C11H15IN2. The molecule has 76 valence electrons. The van der Waals surface area contributed by atoms with Crippen molar-refractivity contribution >= 4 is 34.0 Å². The highest BCUT2D eigenvalue weighted by molar-refractivity contribution is 14.1.